The number of ether oxygens (including phenoxy) is 1. The van der Waals surface area contributed by atoms with Crippen molar-refractivity contribution in [2.75, 3.05) is 6.61 Å². The largest absolute Gasteiger partial charge is 0.494 e. The minimum atomic E-state index is -0.456. The number of carbonyl (C=O) groups is 2. The number of nitrogens with one attached hydrogen (secondary N) is 1. The molecule has 1 saturated heterocycles. The quantitative estimate of drug-likeness (QED) is 0.565. The first-order valence-corrected chi connectivity index (χ1v) is 12.1. The molecular weight excluding hydrogens is 414 g/mol. The summed E-state index contributed by atoms with van der Waals surface area (Å²) >= 11 is 0. The van der Waals surface area contributed by atoms with Crippen LogP contribution < -0.4 is 4.74 Å². The molecule has 0 unspecified atom stereocenters. The van der Waals surface area contributed by atoms with Crippen molar-refractivity contribution in [1.82, 2.24) is 14.8 Å². The Morgan fingerprint density at radius 1 is 1.00 bits per heavy atom. The summed E-state index contributed by atoms with van der Waals surface area (Å²) in [4.78, 5) is 34.5. The zero-order chi connectivity index (χ0) is 22.5. The van der Waals surface area contributed by atoms with Gasteiger partial charge in [-0.1, -0.05) is 49.6 Å². The van der Waals surface area contributed by atoms with Crippen molar-refractivity contribution >= 4 is 22.8 Å². The highest BCUT2D eigenvalue weighted by molar-refractivity contribution is 6.06. The summed E-state index contributed by atoms with van der Waals surface area (Å²) in [6.07, 6.45) is 5.74. The number of fused-ring (bicyclic) bond motifs is 4. The number of rotatable bonds is 4. The van der Waals surface area contributed by atoms with E-state index < -0.39 is 6.04 Å². The number of aromatic nitrogens is 1. The van der Waals surface area contributed by atoms with Gasteiger partial charge in [0, 0.05) is 29.1 Å². The van der Waals surface area contributed by atoms with Crippen LogP contribution in [-0.2, 0) is 11.2 Å². The van der Waals surface area contributed by atoms with E-state index in [1.54, 1.807) is 4.90 Å². The number of amides is 3. The van der Waals surface area contributed by atoms with Gasteiger partial charge in [0.1, 0.15) is 17.8 Å². The summed E-state index contributed by atoms with van der Waals surface area (Å²) in [6, 6.07) is 15.3. The second kappa shape index (κ2) is 7.94. The molecule has 3 aromatic rings. The molecule has 1 saturated carbocycles. The number of hydrogen-bond donors (Lipinski definition) is 1. The maximum absolute atomic E-state index is 13.8. The van der Waals surface area contributed by atoms with Gasteiger partial charge in [-0.15, -0.1) is 0 Å². The Balaban J connectivity index is 1.47. The van der Waals surface area contributed by atoms with Crippen molar-refractivity contribution in [2.24, 2.45) is 0 Å². The Hall–Kier alpha value is -3.28. The van der Waals surface area contributed by atoms with Crippen molar-refractivity contribution in [3.05, 3.63) is 65.4 Å². The lowest BCUT2D eigenvalue weighted by atomic mass is 9.88. The topological polar surface area (TPSA) is 65.6 Å². The number of benzene rings is 2. The fraction of sp³-hybridized carbons (Fsp3) is 0.407. The highest BCUT2D eigenvalue weighted by Crippen LogP contribution is 2.45. The Bertz CT molecular complexity index is 1210. The van der Waals surface area contributed by atoms with E-state index in [2.05, 4.69) is 17.1 Å². The summed E-state index contributed by atoms with van der Waals surface area (Å²) < 4.78 is 5.64. The van der Waals surface area contributed by atoms with Crippen molar-refractivity contribution in [2.45, 2.75) is 63.6 Å². The second-order valence-electron chi connectivity index (χ2n) is 9.38. The van der Waals surface area contributed by atoms with Crippen LogP contribution in [0.1, 0.15) is 61.9 Å². The molecule has 6 heteroatoms. The van der Waals surface area contributed by atoms with Crippen LogP contribution in [0.3, 0.4) is 0 Å². The number of nitrogens with zero attached hydrogens (tertiary/aromatic N) is 2. The van der Waals surface area contributed by atoms with Crippen molar-refractivity contribution < 1.29 is 14.3 Å². The molecule has 6 nitrogen and oxygen atoms in total. The van der Waals surface area contributed by atoms with Gasteiger partial charge < -0.3 is 9.72 Å². The molecule has 2 fully saturated rings. The van der Waals surface area contributed by atoms with Crippen LogP contribution in [0.2, 0.25) is 0 Å². The Labute approximate surface area is 193 Å². The minimum absolute atomic E-state index is 0.0282. The Morgan fingerprint density at radius 3 is 2.52 bits per heavy atom. The number of carbonyl (C=O) groups excluding carboxylic acids is 2. The van der Waals surface area contributed by atoms with Gasteiger partial charge in [-0.05, 0) is 49.1 Å². The predicted molar refractivity (Wildman–Crippen MR) is 126 cm³/mol. The average Bonchev–Trinajstić information content (AvgIpc) is 3.34. The van der Waals surface area contributed by atoms with Gasteiger partial charge in [0.15, 0.2) is 0 Å². The van der Waals surface area contributed by atoms with Crippen LogP contribution in [0.4, 0.5) is 4.79 Å². The maximum atomic E-state index is 13.8. The number of hydrogen-bond acceptors (Lipinski definition) is 3. The monoisotopic (exact) mass is 443 g/mol. The van der Waals surface area contributed by atoms with E-state index in [4.69, 9.17) is 4.74 Å². The molecule has 0 spiro atoms. The van der Waals surface area contributed by atoms with E-state index >= 15 is 0 Å². The molecule has 170 valence electrons. The Morgan fingerprint density at radius 2 is 1.76 bits per heavy atom. The van der Waals surface area contributed by atoms with E-state index in [-0.39, 0.29) is 24.0 Å². The standard InChI is InChI=1S/C27H29N3O3/c1-2-33-19-14-12-17(13-15-19)25-24-21(20-10-6-7-11-22(20)28-24)16-23-26(31)29(27(32)30(23)25)18-8-4-3-5-9-18/h6-7,10-15,18,23,25,28H,2-5,8-9,16H2,1H3/t23-,25-/m1/s1. The molecule has 3 aliphatic rings. The van der Waals surface area contributed by atoms with Gasteiger partial charge in [0.25, 0.3) is 5.91 Å². The molecule has 2 aromatic carbocycles. The fourth-order valence-corrected chi connectivity index (χ4v) is 6.03. The molecule has 0 bridgehead atoms. The maximum Gasteiger partial charge on any atom is 0.328 e. The summed E-state index contributed by atoms with van der Waals surface area (Å²) in [5.41, 5.74) is 4.20. The third-order valence-corrected chi connectivity index (χ3v) is 7.53. The zero-order valence-electron chi connectivity index (χ0n) is 18.9. The normalized spacial score (nSPS) is 23.2. The number of para-hydroxylation sites is 1. The van der Waals surface area contributed by atoms with Gasteiger partial charge in [-0.25, -0.2) is 4.79 Å². The number of aromatic amines is 1. The van der Waals surface area contributed by atoms with Gasteiger partial charge in [0.05, 0.1) is 6.61 Å². The second-order valence-corrected chi connectivity index (χ2v) is 9.38. The minimum Gasteiger partial charge on any atom is -0.494 e. The molecule has 1 aromatic heterocycles. The zero-order valence-corrected chi connectivity index (χ0v) is 18.9. The average molecular weight is 444 g/mol. The van der Waals surface area contributed by atoms with E-state index in [0.29, 0.717) is 13.0 Å². The van der Waals surface area contributed by atoms with E-state index in [9.17, 15) is 9.59 Å². The highest BCUT2D eigenvalue weighted by atomic mass is 16.5. The van der Waals surface area contributed by atoms with Gasteiger partial charge >= 0.3 is 6.03 Å². The van der Waals surface area contributed by atoms with Gasteiger partial charge in [0.2, 0.25) is 0 Å². The predicted octanol–water partition coefficient (Wildman–Crippen LogP) is 5.18. The molecule has 1 aliphatic carbocycles. The summed E-state index contributed by atoms with van der Waals surface area (Å²) in [6.45, 7) is 2.57. The first-order valence-electron chi connectivity index (χ1n) is 12.1. The lowest BCUT2D eigenvalue weighted by Gasteiger charge is -2.36. The van der Waals surface area contributed by atoms with Crippen LogP contribution in [0.15, 0.2) is 48.5 Å². The van der Waals surface area contributed by atoms with Crippen molar-refractivity contribution in [1.29, 1.82) is 0 Å². The lowest BCUT2D eigenvalue weighted by Crippen LogP contribution is -2.44. The molecule has 0 radical (unpaired) electrons. The van der Waals surface area contributed by atoms with Crippen LogP contribution in [0.25, 0.3) is 10.9 Å². The molecule has 2 aliphatic heterocycles. The van der Waals surface area contributed by atoms with Crippen molar-refractivity contribution in [3.63, 3.8) is 0 Å². The summed E-state index contributed by atoms with van der Waals surface area (Å²) in [7, 11) is 0. The van der Waals surface area contributed by atoms with E-state index in [1.807, 2.05) is 48.2 Å². The lowest BCUT2D eigenvalue weighted by molar-refractivity contribution is -0.130. The summed E-state index contributed by atoms with van der Waals surface area (Å²) in [5, 5.41) is 1.14. The van der Waals surface area contributed by atoms with E-state index in [1.165, 1.54) is 6.42 Å². The van der Waals surface area contributed by atoms with Crippen LogP contribution in [0.5, 0.6) is 5.75 Å². The highest BCUT2D eigenvalue weighted by Gasteiger charge is 2.54. The number of H-pyrrole nitrogens is 1. The third-order valence-electron chi connectivity index (χ3n) is 7.53. The van der Waals surface area contributed by atoms with Gasteiger partial charge in [-0.3, -0.25) is 14.6 Å². The molecule has 3 heterocycles. The molecule has 1 N–H and O–H groups in total. The van der Waals surface area contributed by atoms with Crippen molar-refractivity contribution in [3.8, 4) is 5.75 Å². The van der Waals surface area contributed by atoms with E-state index in [0.717, 1.165) is 59.2 Å². The molecule has 6 rings (SSSR count). The molecular formula is C27H29N3O3. The summed E-state index contributed by atoms with van der Waals surface area (Å²) in [5.74, 6) is 0.775. The first-order chi connectivity index (χ1) is 16.2. The fourth-order valence-electron chi connectivity index (χ4n) is 6.03. The van der Waals surface area contributed by atoms with Crippen LogP contribution in [-0.4, -0.2) is 45.4 Å². The van der Waals surface area contributed by atoms with Crippen LogP contribution >= 0.6 is 0 Å². The molecule has 3 amide bonds. The Kier molecular flexibility index (Phi) is 4.89. The SMILES string of the molecule is CCOc1ccc([C@@H]2c3[nH]c4ccccc4c3C[C@@H]3C(=O)N(C4CCCCC4)C(=O)N23)cc1. The first kappa shape index (κ1) is 20.3. The van der Waals surface area contributed by atoms with Crippen LogP contribution in [0, 0.1) is 0 Å². The third kappa shape index (κ3) is 3.15. The van der Waals surface area contributed by atoms with Gasteiger partial charge in [-0.2, -0.15) is 0 Å². The molecule has 33 heavy (non-hydrogen) atoms. The number of imide groups is 1. The smallest absolute Gasteiger partial charge is 0.328 e. The molecule has 2 atom stereocenters. The number of urea groups is 1.